The third-order valence-corrected chi connectivity index (χ3v) is 11.8. The SMILES string of the molecule is COc1ccc2c(C)cc(=O)n(CC=O)c2c1.COc1ccc2c(C)cc(=O)n(CCN3CCC(N(CCSc4cccs4)C(=O)OC(C)(C)C)CC3)c2c1. The summed E-state index contributed by atoms with van der Waals surface area (Å²) in [6.07, 6.45) is 2.27. The minimum Gasteiger partial charge on any atom is -0.497 e. The van der Waals surface area contributed by atoms with E-state index < -0.39 is 5.60 Å². The van der Waals surface area contributed by atoms with Gasteiger partial charge in [-0.05, 0) is 94.3 Å². The van der Waals surface area contributed by atoms with Crippen LogP contribution in [0.2, 0.25) is 0 Å². The van der Waals surface area contributed by atoms with Crippen LogP contribution < -0.4 is 20.6 Å². The molecule has 0 spiro atoms. The average Bonchev–Trinajstić information content (AvgIpc) is 3.68. The van der Waals surface area contributed by atoms with Crippen LogP contribution in [-0.2, 0) is 22.6 Å². The van der Waals surface area contributed by atoms with Crippen molar-refractivity contribution in [1.82, 2.24) is 18.9 Å². The van der Waals surface area contributed by atoms with Gasteiger partial charge in [0.1, 0.15) is 23.4 Å². The van der Waals surface area contributed by atoms with Gasteiger partial charge >= 0.3 is 6.09 Å². The van der Waals surface area contributed by atoms with E-state index in [1.165, 1.54) is 14.8 Å². The van der Waals surface area contributed by atoms with Crippen molar-refractivity contribution in [3.63, 3.8) is 0 Å². The topological polar surface area (TPSA) is 112 Å². The predicted octanol–water partition coefficient (Wildman–Crippen LogP) is 7.39. The van der Waals surface area contributed by atoms with Crippen LogP contribution in [0, 0.1) is 13.8 Å². The summed E-state index contributed by atoms with van der Waals surface area (Å²) in [4.78, 5) is 52.8. The first-order valence-corrected chi connectivity index (χ1v) is 20.4. The van der Waals surface area contributed by atoms with Crippen LogP contribution in [0.3, 0.4) is 0 Å². The Kier molecular flexibility index (Phi) is 14.2. The minimum absolute atomic E-state index is 0.0116. The van der Waals surface area contributed by atoms with Gasteiger partial charge in [0.15, 0.2) is 0 Å². The van der Waals surface area contributed by atoms with E-state index in [0.717, 1.165) is 83.2 Å². The van der Waals surface area contributed by atoms with Crippen LogP contribution in [0.1, 0.15) is 44.7 Å². The second-order valence-electron chi connectivity index (χ2n) is 14.6. The smallest absolute Gasteiger partial charge is 0.410 e. The number of rotatable bonds is 12. The fraction of sp³-hybridized carbons (Fsp3) is 0.429. The Morgan fingerprint density at radius 1 is 0.873 bits per heavy atom. The third kappa shape index (κ3) is 10.8. The summed E-state index contributed by atoms with van der Waals surface area (Å²) in [5.41, 5.74) is 2.82. The first-order chi connectivity index (χ1) is 26.3. The maximum Gasteiger partial charge on any atom is 0.410 e. The zero-order chi connectivity index (χ0) is 39.7. The molecule has 0 radical (unpaired) electrons. The van der Waals surface area contributed by atoms with Gasteiger partial charge in [-0.15, -0.1) is 23.1 Å². The molecule has 0 aliphatic carbocycles. The number of thiophene rings is 1. The van der Waals surface area contributed by atoms with Gasteiger partial charge in [-0.3, -0.25) is 9.59 Å². The fourth-order valence-electron chi connectivity index (χ4n) is 6.83. The number of piperidine rings is 1. The molecule has 2 aromatic carbocycles. The molecule has 6 rings (SSSR count). The Labute approximate surface area is 330 Å². The number of hydrogen-bond donors (Lipinski definition) is 0. The Morgan fingerprint density at radius 2 is 1.45 bits per heavy atom. The van der Waals surface area contributed by atoms with E-state index in [9.17, 15) is 19.2 Å². The summed E-state index contributed by atoms with van der Waals surface area (Å²) >= 11 is 3.51. The average molecular weight is 789 g/mol. The fourth-order valence-corrected chi connectivity index (χ4v) is 8.63. The van der Waals surface area contributed by atoms with Gasteiger partial charge in [0.05, 0.1) is 36.0 Å². The molecule has 3 aromatic heterocycles. The maximum atomic E-state index is 13.1. The molecule has 55 heavy (non-hydrogen) atoms. The van der Waals surface area contributed by atoms with E-state index in [2.05, 4.69) is 22.4 Å². The first kappa shape index (κ1) is 41.6. The molecule has 0 atom stereocenters. The standard InChI is InChI=1S/C29H39N3O4S2.C13H13NO3/c1-21-19-26(33)32(25-20-23(35-5)8-9-24(21)25)15-14-30-12-10-22(11-13-30)31(28(34)36-29(2,3)4)16-18-38-27-7-6-17-37-27;1-9-7-13(16)14(5-6-15)12-8-10(17-2)3-4-11(9)12/h6-9,17,19-20,22H,10-16,18H2,1-5H3;3-4,6-8H,5H2,1-2H3. The van der Waals surface area contributed by atoms with Crippen LogP contribution in [0.25, 0.3) is 21.8 Å². The molecule has 13 heteroatoms. The molecule has 1 aliphatic rings. The number of methoxy groups -OCH3 is 2. The molecule has 1 fully saturated rings. The molecule has 0 bridgehead atoms. The molecule has 0 unspecified atom stereocenters. The third-order valence-electron chi connectivity index (χ3n) is 9.65. The number of carbonyl (C=O) groups is 2. The summed E-state index contributed by atoms with van der Waals surface area (Å²) in [6.45, 7) is 13.5. The first-order valence-electron chi connectivity index (χ1n) is 18.5. The van der Waals surface area contributed by atoms with Gasteiger partial charge in [-0.1, -0.05) is 6.07 Å². The second kappa shape index (κ2) is 18.8. The van der Waals surface area contributed by atoms with Gasteiger partial charge < -0.3 is 37.9 Å². The number of amides is 1. The predicted molar refractivity (Wildman–Crippen MR) is 223 cm³/mol. The van der Waals surface area contributed by atoms with Crippen molar-refractivity contribution in [3.8, 4) is 11.5 Å². The number of aryl methyl sites for hydroxylation is 2. The molecule has 5 aromatic rings. The lowest BCUT2D eigenvalue weighted by Gasteiger charge is -2.39. The lowest BCUT2D eigenvalue weighted by molar-refractivity contribution is -0.108. The summed E-state index contributed by atoms with van der Waals surface area (Å²) in [5.74, 6) is 2.26. The number of aromatic nitrogens is 2. The highest BCUT2D eigenvalue weighted by Crippen LogP contribution is 2.27. The number of fused-ring (bicyclic) bond motifs is 2. The highest BCUT2D eigenvalue weighted by atomic mass is 32.2. The highest BCUT2D eigenvalue weighted by Gasteiger charge is 2.31. The second-order valence-corrected chi connectivity index (χ2v) is 16.9. The largest absolute Gasteiger partial charge is 0.497 e. The number of pyridine rings is 2. The van der Waals surface area contributed by atoms with Crippen LogP contribution >= 0.6 is 23.1 Å². The van der Waals surface area contributed by atoms with E-state index in [0.29, 0.717) is 18.8 Å². The van der Waals surface area contributed by atoms with Crippen molar-refractivity contribution < 1.29 is 23.8 Å². The van der Waals surface area contributed by atoms with Gasteiger partial charge in [0.25, 0.3) is 11.1 Å². The van der Waals surface area contributed by atoms with E-state index in [1.807, 2.05) is 74.4 Å². The molecule has 1 amide bonds. The van der Waals surface area contributed by atoms with Gasteiger partial charge in [-0.2, -0.15) is 0 Å². The van der Waals surface area contributed by atoms with Crippen molar-refractivity contribution in [3.05, 3.63) is 97.9 Å². The molecule has 0 saturated carbocycles. The maximum absolute atomic E-state index is 13.1. The van der Waals surface area contributed by atoms with Gasteiger partial charge in [0, 0.05) is 79.6 Å². The Balaban J connectivity index is 0.000000284. The summed E-state index contributed by atoms with van der Waals surface area (Å²) in [6, 6.07) is 19.0. The quantitative estimate of drug-likeness (QED) is 0.0944. The number of ether oxygens (including phenoxy) is 3. The van der Waals surface area contributed by atoms with Crippen LogP contribution in [-0.4, -0.2) is 89.1 Å². The molecular weight excluding hydrogens is 737 g/mol. The van der Waals surface area contributed by atoms with Crippen molar-refractivity contribution >= 4 is 57.3 Å². The molecule has 294 valence electrons. The number of benzene rings is 2. The van der Waals surface area contributed by atoms with Gasteiger partial charge in [0.2, 0.25) is 0 Å². The Morgan fingerprint density at radius 3 is 1.98 bits per heavy atom. The van der Waals surface area contributed by atoms with Crippen LogP contribution in [0.5, 0.6) is 11.5 Å². The number of likely N-dealkylation sites (tertiary alicyclic amines) is 1. The van der Waals surface area contributed by atoms with Crippen molar-refractivity contribution in [2.75, 3.05) is 46.2 Å². The Hall–Kier alpha value is -4.59. The zero-order valence-electron chi connectivity index (χ0n) is 32.8. The van der Waals surface area contributed by atoms with E-state index in [-0.39, 0.29) is 29.8 Å². The number of thioether (sulfide) groups is 1. The molecule has 1 saturated heterocycles. The van der Waals surface area contributed by atoms with Crippen LogP contribution in [0.4, 0.5) is 4.79 Å². The highest BCUT2D eigenvalue weighted by molar-refractivity contribution is 8.01. The summed E-state index contributed by atoms with van der Waals surface area (Å²) in [5, 5.41) is 4.10. The lowest BCUT2D eigenvalue weighted by Crippen LogP contribution is -2.50. The number of carbonyl (C=O) groups excluding carboxylic acids is 2. The monoisotopic (exact) mass is 788 g/mol. The van der Waals surface area contributed by atoms with E-state index in [4.69, 9.17) is 14.2 Å². The molecule has 11 nitrogen and oxygen atoms in total. The molecule has 0 N–H and O–H groups in total. The number of aldehydes is 1. The van der Waals surface area contributed by atoms with Crippen molar-refractivity contribution in [2.45, 2.75) is 76.4 Å². The molecule has 1 aliphatic heterocycles. The number of nitrogens with zero attached hydrogens (tertiary/aromatic N) is 4. The van der Waals surface area contributed by atoms with Crippen molar-refractivity contribution in [2.24, 2.45) is 0 Å². The normalized spacial score (nSPS) is 13.7. The number of hydrogen-bond acceptors (Lipinski definition) is 10. The lowest BCUT2D eigenvalue weighted by atomic mass is 10.0. The van der Waals surface area contributed by atoms with Crippen molar-refractivity contribution in [1.29, 1.82) is 0 Å². The van der Waals surface area contributed by atoms with Crippen LogP contribution in [0.15, 0.2) is 79.8 Å². The van der Waals surface area contributed by atoms with Gasteiger partial charge in [-0.25, -0.2) is 4.79 Å². The summed E-state index contributed by atoms with van der Waals surface area (Å²) in [7, 11) is 3.21. The minimum atomic E-state index is -0.524. The zero-order valence-corrected chi connectivity index (χ0v) is 34.5. The Bertz CT molecular complexity index is 2200. The van der Waals surface area contributed by atoms with E-state index >= 15 is 0 Å². The summed E-state index contributed by atoms with van der Waals surface area (Å²) < 4.78 is 20.9. The molecular formula is C42H52N4O7S2. The van der Waals surface area contributed by atoms with E-state index in [1.54, 1.807) is 49.5 Å². The molecule has 4 heterocycles.